The fraction of sp³-hybridized carbons (Fsp3) is 0.154. The van der Waals surface area contributed by atoms with Crippen LogP contribution in [0.5, 0.6) is 5.75 Å². The Morgan fingerprint density at radius 2 is 1.44 bits per heavy atom. The molecule has 8 nitrogen and oxygen atoms in total. The van der Waals surface area contributed by atoms with E-state index in [1.807, 2.05) is 63.2 Å². The van der Waals surface area contributed by atoms with Gasteiger partial charge in [0.25, 0.3) is 11.4 Å². The molecule has 0 aliphatic carbocycles. The monoisotopic (exact) mass is 569 g/mol. The smallest absolute Gasteiger partial charge is 0.308 e. The molecule has 4 aromatic carbocycles. The van der Waals surface area contributed by atoms with E-state index in [0.29, 0.717) is 16.4 Å². The third-order valence-electron chi connectivity index (χ3n) is 5.25. The second kappa shape index (κ2) is 9.93. The minimum absolute atomic E-state index is 0.0670. The zero-order valence-corrected chi connectivity index (χ0v) is 22.2. The summed E-state index contributed by atoms with van der Waals surface area (Å²) in [6, 6.07) is 24.2. The lowest BCUT2D eigenvalue weighted by atomic mass is 10.1. The number of hydrogen-bond donors (Lipinski definition) is 0. The minimum Gasteiger partial charge on any atom is -0.308 e. The van der Waals surface area contributed by atoms with Gasteiger partial charge < -0.3 is 4.52 Å². The molecule has 0 radical (unpaired) electrons. The molecule has 0 aliphatic rings. The van der Waals surface area contributed by atoms with Crippen molar-refractivity contribution in [3.63, 3.8) is 0 Å². The highest BCUT2D eigenvalue weighted by molar-refractivity contribution is 9.10. The predicted octanol–water partition coefficient (Wildman–Crippen LogP) is 7.11. The Kier molecular flexibility index (Phi) is 7.09. The Morgan fingerprint density at radius 3 is 2.06 bits per heavy atom. The molecule has 0 bridgehead atoms. The SMILES string of the molecule is CC(C)(C)O[P+](Oc1cccc2ccccc12)(c1ccc([N+](=O)[O-])cc1)c1ccc([N+](=O)[O-])c(Br)c1. The molecule has 4 rings (SSSR count). The van der Waals surface area contributed by atoms with Crippen molar-refractivity contribution in [3.05, 3.63) is 110 Å². The Hall–Kier alpha value is -3.39. The van der Waals surface area contributed by atoms with Gasteiger partial charge in [-0.15, -0.1) is 0 Å². The molecule has 0 heterocycles. The van der Waals surface area contributed by atoms with Crippen molar-refractivity contribution in [2.75, 3.05) is 0 Å². The van der Waals surface area contributed by atoms with Gasteiger partial charge in [0.15, 0.2) is 16.4 Å². The van der Waals surface area contributed by atoms with Gasteiger partial charge in [0.1, 0.15) is 5.60 Å². The first-order valence-corrected chi connectivity index (χ1v) is 13.4. The maximum absolute atomic E-state index is 11.5. The summed E-state index contributed by atoms with van der Waals surface area (Å²) >= 11 is 3.32. The van der Waals surface area contributed by atoms with E-state index in [4.69, 9.17) is 9.05 Å². The van der Waals surface area contributed by atoms with Gasteiger partial charge in [-0.3, -0.25) is 20.2 Å². The Balaban J connectivity index is 2.01. The average molecular weight is 570 g/mol. The summed E-state index contributed by atoms with van der Waals surface area (Å²) in [4.78, 5) is 21.9. The van der Waals surface area contributed by atoms with Crippen molar-refractivity contribution in [2.45, 2.75) is 26.4 Å². The summed E-state index contributed by atoms with van der Waals surface area (Å²) in [7, 11) is -3.25. The quantitative estimate of drug-likeness (QED) is 0.133. The second-order valence-electron chi connectivity index (χ2n) is 8.99. The van der Waals surface area contributed by atoms with Crippen molar-refractivity contribution in [1.82, 2.24) is 0 Å². The molecule has 0 spiro atoms. The van der Waals surface area contributed by atoms with Crippen molar-refractivity contribution in [3.8, 4) is 5.75 Å². The van der Waals surface area contributed by atoms with E-state index in [1.54, 1.807) is 24.3 Å². The van der Waals surface area contributed by atoms with E-state index < -0.39 is 23.2 Å². The lowest BCUT2D eigenvalue weighted by molar-refractivity contribution is -0.385. The van der Waals surface area contributed by atoms with Gasteiger partial charge in [-0.05, 0) is 66.4 Å². The normalized spacial score (nSPS) is 13.2. The number of rotatable bonds is 7. The summed E-state index contributed by atoms with van der Waals surface area (Å²) in [5.74, 6) is 0.568. The van der Waals surface area contributed by atoms with E-state index in [1.165, 1.54) is 18.2 Å². The number of non-ortho nitro benzene ring substituents is 1. The first-order valence-electron chi connectivity index (χ1n) is 11.0. The Morgan fingerprint density at radius 1 is 0.806 bits per heavy atom. The summed E-state index contributed by atoms with van der Waals surface area (Å²) in [6.07, 6.45) is 0. The van der Waals surface area contributed by atoms with Gasteiger partial charge in [-0.1, -0.05) is 36.4 Å². The first kappa shape index (κ1) is 25.7. The van der Waals surface area contributed by atoms with E-state index in [2.05, 4.69) is 15.9 Å². The zero-order chi connectivity index (χ0) is 26.1. The summed E-state index contributed by atoms with van der Waals surface area (Å²) in [6.45, 7) is 5.67. The number of hydrogen-bond acceptors (Lipinski definition) is 6. The highest BCUT2D eigenvalue weighted by Crippen LogP contribution is 2.61. The third-order valence-corrected chi connectivity index (χ3v) is 9.08. The van der Waals surface area contributed by atoms with Gasteiger partial charge >= 0.3 is 7.72 Å². The zero-order valence-electron chi connectivity index (χ0n) is 19.8. The van der Waals surface area contributed by atoms with Crippen molar-refractivity contribution >= 4 is 56.4 Å². The molecule has 0 fully saturated rings. The van der Waals surface area contributed by atoms with Crippen LogP contribution in [0.3, 0.4) is 0 Å². The molecule has 1 unspecified atom stereocenters. The number of nitro benzene ring substituents is 2. The van der Waals surface area contributed by atoms with Crippen LogP contribution in [0.1, 0.15) is 20.8 Å². The highest BCUT2D eigenvalue weighted by Gasteiger charge is 2.54. The lowest BCUT2D eigenvalue weighted by Gasteiger charge is -2.30. The molecular formula is C26H23BrN2O6P+. The van der Waals surface area contributed by atoms with Crippen LogP contribution in [0.2, 0.25) is 0 Å². The van der Waals surface area contributed by atoms with Crippen LogP contribution in [0.15, 0.2) is 89.4 Å². The standard InChI is InChI=1S/C26H23BrN2O6P/c1-26(2,3)35-36(20-13-11-19(12-14-20)28(30)31,21-15-16-24(29(32)33)23(27)17-21)34-25-10-6-8-18-7-4-5-9-22(18)25/h4-17H,1-3H3/q+1. The maximum Gasteiger partial charge on any atom is 0.385 e. The number of nitro groups is 2. The number of benzene rings is 4. The van der Waals surface area contributed by atoms with Gasteiger partial charge in [0.2, 0.25) is 0 Å². The summed E-state index contributed by atoms with van der Waals surface area (Å²) in [5.41, 5.74) is -0.863. The number of fused-ring (bicyclic) bond motifs is 1. The molecule has 0 N–H and O–H groups in total. The average Bonchev–Trinajstić information content (AvgIpc) is 2.82. The number of halogens is 1. The van der Waals surface area contributed by atoms with Crippen molar-refractivity contribution in [2.24, 2.45) is 0 Å². The third kappa shape index (κ3) is 5.23. The molecule has 184 valence electrons. The van der Waals surface area contributed by atoms with E-state index in [9.17, 15) is 20.2 Å². The van der Waals surface area contributed by atoms with Gasteiger partial charge in [0, 0.05) is 29.7 Å². The molecule has 0 saturated carbocycles. The van der Waals surface area contributed by atoms with Crippen LogP contribution in [-0.4, -0.2) is 15.4 Å². The molecule has 0 aliphatic heterocycles. The highest BCUT2D eigenvalue weighted by atomic mass is 79.9. The minimum atomic E-state index is -3.25. The first-order chi connectivity index (χ1) is 17.0. The van der Waals surface area contributed by atoms with Crippen LogP contribution < -0.4 is 15.1 Å². The van der Waals surface area contributed by atoms with Crippen molar-refractivity contribution in [1.29, 1.82) is 0 Å². The molecule has 1 atom stereocenters. The molecule has 4 aromatic rings. The fourth-order valence-corrected chi connectivity index (χ4v) is 7.55. The van der Waals surface area contributed by atoms with E-state index in [0.717, 1.165) is 10.8 Å². The van der Waals surface area contributed by atoms with Crippen molar-refractivity contribution < 1.29 is 18.9 Å². The molecule has 10 heteroatoms. The van der Waals surface area contributed by atoms with Gasteiger partial charge in [-0.25, -0.2) is 0 Å². The molecule has 0 saturated heterocycles. The molecule has 36 heavy (non-hydrogen) atoms. The maximum atomic E-state index is 11.5. The van der Waals surface area contributed by atoms with Crippen LogP contribution in [0, 0.1) is 20.2 Å². The number of nitrogens with zero attached hydrogens (tertiary/aromatic N) is 2. The molecule has 0 amide bonds. The Labute approximate surface area is 216 Å². The topological polar surface area (TPSA) is 105 Å². The van der Waals surface area contributed by atoms with Crippen LogP contribution in [0.25, 0.3) is 10.8 Å². The van der Waals surface area contributed by atoms with Gasteiger partial charge in [0.05, 0.1) is 14.3 Å². The van der Waals surface area contributed by atoms with Crippen LogP contribution in [-0.2, 0) is 4.52 Å². The predicted molar refractivity (Wildman–Crippen MR) is 145 cm³/mol. The molecular weight excluding hydrogens is 547 g/mol. The summed E-state index contributed by atoms with van der Waals surface area (Å²) in [5, 5.41) is 25.8. The van der Waals surface area contributed by atoms with E-state index >= 15 is 0 Å². The Bertz CT molecular complexity index is 1450. The second-order valence-corrected chi connectivity index (χ2v) is 12.3. The van der Waals surface area contributed by atoms with Crippen LogP contribution in [0.4, 0.5) is 11.4 Å². The van der Waals surface area contributed by atoms with E-state index in [-0.39, 0.29) is 15.8 Å². The molecule has 0 aromatic heterocycles. The largest absolute Gasteiger partial charge is 0.385 e. The van der Waals surface area contributed by atoms with Gasteiger partial charge in [-0.2, -0.15) is 4.52 Å². The lowest BCUT2D eigenvalue weighted by Crippen LogP contribution is -2.34. The summed E-state index contributed by atoms with van der Waals surface area (Å²) < 4.78 is 13.9. The fourth-order valence-electron chi connectivity index (χ4n) is 3.78. The van der Waals surface area contributed by atoms with Crippen LogP contribution >= 0.6 is 23.6 Å².